The van der Waals surface area contributed by atoms with Crippen molar-refractivity contribution in [1.29, 1.82) is 0 Å². The van der Waals surface area contributed by atoms with E-state index in [4.69, 9.17) is 9.47 Å². The summed E-state index contributed by atoms with van der Waals surface area (Å²) in [7, 11) is 0. The normalized spacial score (nSPS) is 18.9. The zero-order chi connectivity index (χ0) is 13.0. The van der Waals surface area contributed by atoms with E-state index < -0.39 is 0 Å². The Hall–Kier alpha value is -0.510. The van der Waals surface area contributed by atoms with Crippen LogP contribution in [0, 0.1) is 0 Å². The smallest absolute Gasteiger partial charge is 0.0707 e. The summed E-state index contributed by atoms with van der Waals surface area (Å²) < 4.78 is 11.4. The van der Waals surface area contributed by atoms with Gasteiger partial charge < -0.3 is 9.47 Å². The molecule has 1 aliphatic rings. The van der Waals surface area contributed by atoms with Crippen molar-refractivity contribution in [3.05, 3.63) is 29.8 Å². The van der Waals surface area contributed by atoms with Crippen LogP contribution in [0.4, 0.5) is 0 Å². The molecule has 1 aliphatic heterocycles. The van der Waals surface area contributed by atoms with Gasteiger partial charge in [0, 0.05) is 16.6 Å². The number of ether oxygens (including phenoxy) is 2. The van der Waals surface area contributed by atoms with Gasteiger partial charge in [-0.15, -0.1) is 11.8 Å². The van der Waals surface area contributed by atoms with Crippen molar-refractivity contribution in [2.45, 2.75) is 37.2 Å². The van der Waals surface area contributed by atoms with Crippen molar-refractivity contribution in [3.8, 4) is 0 Å². The molecule has 2 nitrogen and oxygen atoms in total. The molecular formula is C15H22O2S. The number of benzene rings is 1. The third kappa shape index (κ3) is 4.01. The molecule has 1 aromatic rings. The molecule has 3 heteroatoms. The zero-order valence-corrected chi connectivity index (χ0v) is 12.3. The lowest BCUT2D eigenvalue weighted by Crippen LogP contribution is -2.22. The minimum Gasteiger partial charge on any atom is -0.378 e. The molecule has 0 N–H and O–H groups in total. The van der Waals surface area contributed by atoms with Gasteiger partial charge in [-0.1, -0.05) is 18.2 Å². The van der Waals surface area contributed by atoms with Crippen molar-refractivity contribution in [1.82, 2.24) is 0 Å². The largest absolute Gasteiger partial charge is 0.378 e. The molecule has 0 saturated heterocycles. The molecule has 1 aromatic carbocycles. The minimum atomic E-state index is -0.0703. The molecule has 1 unspecified atom stereocenters. The summed E-state index contributed by atoms with van der Waals surface area (Å²) in [6.07, 6.45) is 0. The van der Waals surface area contributed by atoms with Gasteiger partial charge >= 0.3 is 0 Å². The van der Waals surface area contributed by atoms with Crippen LogP contribution in [0.3, 0.4) is 0 Å². The van der Waals surface area contributed by atoms with Gasteiger partial charge in [-0.25, -0.2) is 0 Å². The van der Waals surface area contributed by atoms with E-state index >= 15 is 0 Å². The molecular weight excluding hydrogens is 244 g/mol. The second-order valence-electron chi connectivity index (χ2n) is 5.58. The highest BCUT2D eigenvalue weighted by atomic mass is 32.2. The van der Waals surface area contributed by atoms with E-state index in [1.54, 1.807) is 0 Å². The van der Waals surface area contributed by atoms with Gasteiger partial charge in [-0.05, 0) is 32.4 Å². The Morgan fingerprint density at radius 3 is 2.78 bits per heavy atom. The standard InChI is InChI=1S/C15H22O2S/c1-15(2,3)17-9-8-16-10-12-11-18-14-7-5-4-6-13(12)14/h4-7,12H,8-11H2,1-3H3. The van der Waals surface area contributed by atoms with Gasteiger partial charge in [0.2, 0.25) is 0 Å². The highest BCUT2D eigenvalue weighted by Crippen LogP contribution is 2.39. The van der Waals surface area contributed by atoms with E-state index in [2.05, 4.69) is 45.0 Å². The summed E-state index contributed by atoms with van der Waals surface area (Å²) in [5.41, 5.74) is 1.37. The van der Waals surface area contributed by atoms with Gasteiger partial charge in [0.1, 0.15) is 0 Å². The molecule has 0 fully saturated rings. The lowest BCUT2D eigenvalue weighted by molar-refractivity contribution is -0.0359. The molecule has 0 amide bonds. The van der Waals surface area contributed by atoms with Crippen LogP contribution in [-0.2, 0) is 9.47 Å². The molecule has 0 spiro atoms. The lowest BCUT2D eigenvalue weighted by atomic mass is 10.0. The summed E-state index contributed by atoms with van der Waals surface area (Å²) in [6, 6.07) is 8.63. The zero-order valence-electron chi connectivity index (χ0n) is 11.4. The van der Waals surface area contributed by atoms with Crippen LogP contribution < -0.4 is 0 Å². The first-order chi connectivity index (χ1) is 8.56. The number of hydrogen-bond donors (Lipinski definition) is 0. The van der Waals surface area contributed by atoms with Gasteiger partial charge in [-0.3, -0.25) is 0 Å². The Morgan fingerprint density at radius 1 is 1.22 bits per heavy atom. The Kier molecular flexibility index (Phi) is 4.71. The molecule has 0 aliphatic carbocycles. The maximum Gasteiger partial charge on any atom is 0.0707 e. The van der Waals surface area contributed by atoms with Crippen LogP contribution in [0.25, 0.3) is 0 Å². The molecule has 0 radical (unpaired) electrons. The van der Waals surface area contributed by atoms with Crippen LogP contribution in [0.2, 0.25) is 0 Å². The average Bonchev–Trinajstić information content (AvgIpc) is 2.71. The first-order valence-electron chi connectivity index (χ1n) is 6.50. The number of rotatable bonds is 5. The molecule has 18 heavy (non-hydrogen) atoms. The Labute approximate surface area is 114 Å². The fourth-order valence-corrected chi connectivity index (χ4v) is 3.23. The number of hydrogen-bond acceptors (Lipinski definition) is 3. The first kappa shape index (κ1) is 13.9. The van der Waals surface area contributed by atoms with Crippen LogP contribution in [-0.4, -0.2) is 31.2 Å². The summed E-state index contributed by atoms with van der Waals surface area (Å²) in [6.45, 7) is 8.35. The maximum absolute atomic E-state index is 5.73. The van der Waals surface area contributed by atoms with E-state index in [0.717, 1.165) is 12.4 Å². The molecule has 0 bridgehead atoms. The topological polar surface area (TPSA) is 18.5 Å². The predicted octanol–water partition coefficient (Wildman–Crippen LogP) is 3.71. The van der Waals surface area contributed by atoms with E-state index in [1.807, 2.05) is 11.8 Å². The SMILES string of the molecule is CC(C)(C)OCCOCC1CSc2ccccc21. The van der Waals surface area contributed by atoms with Crippen molar-refractivity contribution in [2.24, 2.45) is 0 Å². The minimum absolute atomic E-state index is 0.0703. The molecule has 2 rings (SSSR count). The summed E-state index contributed by atoms with van der Waals surface area (Å²) in [5, 5.41) is 0. The van der Waals surface area contributed by atoms with E-state index in [-0.39, 0.29) is 5.60 Å². The Bertz CT molecular complexity index is 384. The second kappa shape index (κ2) is 6.09. The third-order valence-corrected chi connectivity index (χ3v) is 4.13. The predicted molar refractivity (Wildman–Crippen MR) is 76.4 cm³/mol. The molecule has 0 aromatic heterocycles. The van der Waals surface area contributed by atoms with Crippen LogP contribution >= 0.6 is 11.8 Å². The third-order valence-electron chi connectivity index (χ3n) is 2.88. The maximum atomic E-state index is 5.73. The highest BCUT2D eigenvalue weighted by molar-refractivity contribution is 7.99. The van der Waals surface area contributed by atoms with Crippen LogP contribution in [0.1, 0.15) is 32.3 Å². The summed E-state index contributed by atoms with van der Waals surface area (Å²) >= 11 is 1.93. The van der Waals surface area contributed by atoms with Gasteiger partial charge in [0.15, 0.2) is 0 Å². The quantitative estimate of drug-likeness (QED) is 0.757. The number of thioether (sulfide) groups is 1. The number of fused-ring (bicyclic) bond motifs is 1. The highest BCUT2D eigenvalue weighted by Gasteiger charge is 2.22. The fraction of sp³-hybridized carbons (Fsp3) is 0.600. The van der Waals surface area contributed by atoms with Crippen molar-refractivity contribution < 1.29 is 9.47 Å². The van der Waals surface area contributed by atoms with Crippen molar-refractivity contribution in [3.63, 3.8) is 0 Å². The fourth-order valence-electron chi connectivity index (χ4n) is 2.00. The molecule has 0 saturated carbocycles. The lowest BCUT2D eigenvalue weighted by Gasteiger charge is -2.19. The summed E-state index contributed by atoms with van der Waals surface area (Å²) in [4.78, 5) is 1.41. The summed E-state index contributed by atoms with van der Waals surface area (Å²) in [5.74, 6) is 1.68. The van der Waals surface area contributed by atoms with E-state index in [9.17, 15) is 0 Å². The first-order valence-corrected chi connectivity index (χ1v) is 7.48. The van der Waals surface area contributed by atoms with Gasteiger partial charge in [-0.2, -0.15) is 0 Å². The van der Waals surface area contributed by atoms with Crippen molar-refractivity contribution >= 4 is 11.8 Å². The molecule has 100 valence electrons. The van der Waals surface area contributed by atoms with Crippen molar-refractivity contribution in [2.75, 3.05) is 25.6 Å². The Morgan fingerprint density at radius 2 is 2.00 bits per heavy atom. The van der Waals surface area contributed by atoms with E-state index in [1.165, 1.54) is 10.5 Å². The average molecular weight is 266 g/mol. The van der Waals surface area contributed by atoms with E-state index in [0.29, 0.717) is 19.1 Å². The molecule has 1 heterocycles. The Balaban J connectivity index is 1.70. The van der Waals surface area contributed by atoms with Crippen LogP contribution in [0.15, 0.2) is 29.2 Å². The molecule has 1 atom stereocenters. The second-order valence-corrected chi connectivity index (χ2v) is 6.64. The van der Waals surface area contributed by atoms with Crippen LogP contribution in [0.5, 0.6) is 0 Å². The van der Waals surface area contributed by atoms with Gasteiger partial charge in [0.05, 0.1) is 25.4 Å². The monoisotopic (exact) mass is 266 g/mol. The van der Waals surface area contributed by atoms with Gasteiger partial charge in [0.25, 0.3) is 0 Å².